The average Bonchev–Trinajstić information content (AvgIpc) is 2.17. The number of hydrazine groups is 1. The molecule has 0 aliphatic rings. The summed E-state index contributed by atoms with van der Waals surface area (Å²) >= 11 is 0. The third-order valence-corrected chi connectivity index (χ3v) is 1.78. The lowest BCUT2D eigenvalue weighted by atomic mass is 10.1. The highest BCUT2D eigenvalue weighted by atomic mass is 19.4. The number of alkyl halides is 3. The molecular formula is C9H9F3N2O. The van der Waals surface area contributed by atoms with Crippen molar-refractivity contribution in [2.24, 2.45) is 5.84 Å². The quantitative estimate of drug-likeness (QED) is 0.362. The van der Waals surface area contributed by atoms with E-state index in [0.29, 0.717) is 12.0 Å². The molecule has 3 nitrogen and oxygen atoms in total. The van der Waals surface area contributed by atoms with Crippen molar-refractivity contribution in [1.29, 1.82) is 0 Å². The summed E-state index contributed by atoms with van der Waals surface area (Å²) in [5.74, 6) is 5.17. The lowest BCUT2D eigenvalue weighted by Gasteiger charge is -2.11. The lowest BCUT2D eigenvalue weighted by Crippen LogP contribution is -2.28. The van der Waals surface area contributed by atoms with Crippen molar-refractivity contribution >= 4 is 6.41 Å². The Labute approximate surface area is 84.3 Å². The van der Waals surface area contributed by atoms with Crippen LogP contribution in [0.1, 0.15) is 11.1 Å². The fourth-order valence-corrected chi connectivity index (χ4v) is 1.05. The van der Waals surface area contributed by atoms with Crippen LogP contribution in [0.5, 0.6) is 0 Å². The molecule has 1 aromatic carbocycles. The Bertz CT molecular complexity index is 334. The van der Waals surface area contributed by atoms with Gasteiger partial charge in [-0.3, -0.25) is 9.80 Å². The summed E-state index contributed by atoms with van der Waals surface area (Å²) < 4.78 is 36.5. The first-order chi connectivity index (χ1) is 6.93. The van der Waals surface area contributed by atoms with Crippen LogP contribution in [0.4, 0.5) is 13.2 Å². The van der Waals surface area contributed by atoms with Crippen LogP contribution in [0.2, 0.25) is 0 Å². The van der Waals surface area contributed by atoms with E-state index in [-0.39, 0.29) is 6.54 Å². The Kier molecular flexibility index (Phi) is 3.31. The van der Waals surface area contributed by atoms with Crippen molar-refractivity contribution < 1.29 is 18.0 Å². The van der Waals surface area contributed by atoms with Crippen molar-refractivity contribution in [2.45, 2.75) is 12.7 Å². The first-order valence-corrected chi connectivity index (χ1v) is 4.06. The Morgan fingerprint density at radius 3 is 2.20 bits per heavy atom. The monoisotopic (exact) mass is 218 g/mol. The molecule has 0 saturated heterocycles. The second-order valence-corrected chi connectivity index (χ2v) is 2.97. The number of nitrogens with zero attached hydrogens (tertiary/aromatic N) is 1. The summed E-state index contributed by atoms with van der Waals surface area (Å²) in [4.78, 5) is 10.2. The van der Waals surface area contributed by atoms with E-state index in [1.54, 1.807) is 0 Å². The number of hydrogen-bond acceptors (Lipinski definition) is 2. The maximum absolute atomic E-state index is 12.2. The van der Waals surface area contributed by atoms with Crippen molar-refractivity contribution in [1.82, 2.24) is 5.01 Å². The highest BCUT2D eigenvalue weighted by Gasteiger charge is 2.29. The zero-order valence-electron chi connectivity index (χ0n) is 7.66. The molecule has 0 aliphatic carbocycles. The number of rotatable bonds is 3. The van der Waals surface area contributed by atoms with Crippen molar-refractivity contribution in [3.8, 4) is 0 Å². The summed E-state index contributed by atoms with van der Waals surface area (Å²) in [7, 11) is 0. The number of amides is 1. The van der Waals surface area contributed by atoms with Gasteiger partial charge in [-0.2, -0.15) is 13.2 Å². The molecule has 6 heteroatoms. The van der Waals surface area contributed by atoms with E-state index in [4.69, 9.17) is 5.84 Å². The molecule has 0 radical (unpaired) electrons. The van der Waals surface area contributed by atoms with E-state index in [9.17, 15) is 18.0 Å². The van der Waals surface area contributed by atoms with E-state index >= 15 is 0 Å². The van der Waals surface area contributed by atoms with Crippen LogP contribution in [0.3, 0.4) is 0 Å². The number of carbonyl (C=O) groups excluding carboxylic acids is 1. The smallest absolute Gasteiger partial charge is 0.279 e. The molecule has 0 bridgehead atoms. The topological polar surface area (TPSA) is 46.3 Å². The minimum Gasteiger partial charge on any atom is -0.279 e. The molecule has 0 heterocycles. The van der Waals surface area contributed by atoms with Crippen LogP contribution in [0, 0.1) is 0 Å². The van der Waals surface area contributed by atoms with Crippen LogP contribution >= 0.6 is 0 Å². The van der Waals surface area contributed by atoms with Crippen molar-refractivity contribution in [2.75, 3.05) is 0 Å². The molecule has 2 N–H and O–H groups in total. The van der Waals surface area contributed by atoms with E-state index in [1.807, 2.05) is 0 Å². The normalized spacial score (nSPS) is 11.2. The molecule has 0 saturated carbocycles. The van der Waals surface area contributed by atoms with Crippen LogP contribution in [-0.2, 0) is 17.5 Å². The first kappa shape index (κ1) is 11.5. The predicted molar refractivity (Wildman–Crippen MR) is 47.2 cm³/mol. The molecule has 0 atom stereocenters. The highest BCUT2D eigenvalue weighted by molar-refractivity contribution is 5.46. The van der Waals surface area contributed by atoms with E-state index in [0.717, 1.165) is 17.1 Å². The van der Waals surface area contributed by atoms with Crippen LogP contribution in [-0.4, -0.2) is 11.4 Å². The van der Waals surface area contributed by atoms with E-state index < -0.39 is 11.7 Å². The van der Waals surface area contributed by atoms with Crippen molar-refractivity contribution in [3.05, 3.63) is 35.4 Å². The van der Waals surface area contributed by atoms with Gasteiger partial charge in [0.15, 0.2) is 0 Å². The Hall–Kier alpha value is -1.56. The van der Waals surface area contributed by atoms with Gasteiger partial charge in [0.25, 0.3) is 0 Å². The standard InChI is InChI=1S/C9H9F3N2O/c10-9(11,12)8-3-1-7(2-4-8)5-14(13)6-15/h1-4,6H,5,13H2. The summed E-state index contributed by atoms with van der Waals surface area (Å²) in [6.45, 7) is 0.0850. The van der Waals surface area contributed by atoms with E-state index in [2.05, 4.69) is 0 Å². The fraction of sp³-hybridized carbons (Fsp3) is 0.222. The van der Waals surface area contributed by atoms with E-state index in [1.165, 1.54) is 12.1 Å². The zero-order valence-corrected chi connectivity index (χ0v) is 7.66. The van der Waals surface area contributed by atoms with Gasteiger partial charge in [-0.25, -0.2) is 5.84 Å². The summed E-state index contributed by atoms with van der Waals surface area (Å²) in [6, 6.07) is 4.47. The molecule has 0 spiro atoms. The van der Waals surface area contributed by atoms with Crippen LogP contribution < -0.4 is 5.84 Å². The Balaban J connectivity index is 2.77. The molecule has 0 aromatic heterocycles. The number of nitrogens with two attached hydrogens (primary N) is 1. The number of halogens is 3. The van der Waals surface area contributed by atoms with Gasteiger partial charge in [-0.1, -0.05) is 12.1 Å². The second kappa shape index (κ2) is 4.31. The molecule has 0 aliphatic heterocycles. The molecule has 82 valence electrons. The van der Waals surface area contributed by atoms with Crippen LogP contribution in [0.15, 0.2) is 24.3 Å². The molecule has 0 fully saturated rings. The minimum absolute atomic E-state index is 0.0850. The number of benzene rings is 1. The van der Waals surface area contributed by atoms with Gasteiger partial charge < -0.3 is 0 Å². The molecule has 0 unspecified atom stereocenters. The molecular weight excluding hydrogens is 209 g/mol. The maximum Gasteiger partial charge on any atom is 0.416 e. The SMILES string of the molecule is NN(C=O)Cc1ccc(C(F)(F)F)cc1. The van der Waals surface area contributed by atoms with Gasteiger partial charge in [-0.05, 0) is 17.7 Å². The number of carbonyl (C=O) groups is 1. The summed E-state index contributed by atoms with van der Waals surface area (Å²) in [5, 5.41) is 0.850. The fourth-order valence-electron chi connectivity index (χ4n) is 1.05. The van der Waals surface area contributed by atoms with Gasteiger partial charge >= 0.3 is 6.18 Å². The third kappa shape index (κ3) is 3.25. The zero-order chi connectivity index (χ0) is 11.5. The minimum atomic E-state index is -4.34. The predicted octanol–water partition coefficient (Wildman–Crippen LogP) is 1.54. The second-order valence-electron chi connectivity index (χ2n) is 2.97. The van der Waals surface area contributed by atoms with Gasteiger partial charge in [0.05, 0.1) is 12.1 Å². The lowest BCUT2D eigenvalue weighted by molar-refractivity contribution is -0.137. The summed E-state index contributed by atoms with van der Waals surface area (Å²) in [6.07, 6.45) is -3.94. The molecule has 1 aromatic rings. The molecule has 1 amide bonds. The van der Waals surface area contributed by atoms with Gasteiger partial charge in [0, 0.05) is 0 Å². The van der Waals surface area contributed by atoms with Crippen LogP contribution in [0.25, 0.3) is 0 Å². The largest absolute Gasteiger partial charge is 0.416 e. The maximum atomic E-state index is 12.2. The van der Waals surface area contributed by atoms with Gasteiger partial charge in [0.2, 0.25) is 6.41 Å². The molecule has 15 heavy (non-hydrogen) atoms. The Morgan fingerprint density at radius 2 is 1.80 bits per heavy atom. The summed E-state index contributed by atoms with van der Waals surface area (Å²) in [5.41, 5.74) is -0.182. The third-order valence-electron chi connectivity index (χ3n) is 1.78. The van der Waals surface area contributed by atoms with Gasteiger partial charge in [-0.15, -0.1) is 0 Å². The van der Waals surface area contributed by atoms with Crippen molar-refractivity contribution in [3.63, 3.8) is 0 Å². The first-order valence-electron chi connectivity index (χ1n) is 4.06. The Morgan fingerprint density at radius 1 is 1.27 bits per heavy atom. The number of hydrogen-bond donors (Lipinski definition) is 1. The van der Waals surface area contributed by atoms with Gasteiger partial charge in [0.1, 0.15) is 0 Å². The average molecular weight is 218 g/mol. The molecule has 1 rings (SSSR count). The highest BCUT2D eigenvalue weighted by Crippen LogP contribution is 2.29.